The lowest BCUT2D eigenvalue weighted by Gasteiger charge is -2.44. The maximum atomic E-state index is 13.2. The van der Waals surface area contributed by atoms with E-state index >= 15 is 0 Å². The molecule has 256 valence electrons. The molecule has 0 spiro atoms. The van der Waals surface area contributed by atoms with Crippen molar-refractivity contribution in [2.45, 2.75) is 108 Å². The highest BCUT2D eigenvalue weighted by Gasteiger charge is 2.54. The predicted octanol–water partition coefficient (Wildman–Crippen LogP) is -2.13. The van der Waals surface area contributed by atoms with Gasteiger partial charge < -0.3 is 63.8 Å². The van der Waals surface area contributed by atoms with E-state index in [4.69, 9.17) is 33.2 Å². The van der Waals surface area contributed by atoms with Gasteiger partial charge in [-0.1, -0.05) is 13.8 Å². The second-order valence-corrected chi connectivity index (χ2v) is 12.3. The van der Waals surface area contributed by atoms with Crippen LogP contribution in [-0.2, 0) is 47.5 Å². The van der Waals surface area contributed by atoms with Crippen molar-refractivity contribution in [3.8, 4) is 0 Å². The van der Waals surface area contributed by atoms with E-state index in [9.17, 15) is 45.0 Å². The number of aliphatic hydroxyl groups excluding tert-OH is 6. The molecule has 3 heterocycles. The third kappa shape index (κ3) is 7.84. The number of carbonyl (C=O) groups is 3. The highest BCUT2D eigenvalue weighted by atomic mass is 16.8. The summed E-state index contributed by atoms with van der Waals surface area (Å²) in [6.07, 6.45) is -14.1. The van der Waals surface area contributed by atoms with E-state index in [1.54, 1.807) is 0 Å². The van der Waals surface area contributed by atoms with Crippen LogP contribution in [0.25, 0.3) is 0 Å². The fourth-order valence-electron chi connectivity index (χ4n) is 6.27. The minimum absolute atomic E-state index is 0.0377. The molecule has 0 aromatic carbocycles. The third-order valence-corrected chi connectivity index (χ3v) is 8.56. The van der Waals surface area contributed by atoms with Crippen LogP contribution in [0.1, 0.15) is 40.5 Å². The molecule has 3 aliphatic heterocycles. The number of fused-ring (bicyclic) bond motifs is 1. The molecule has 0 aromatic heterocycles. The van der Waals surface area contributed by atoms with E-state index in [1.165, 1.54) is 13.2 Å². The molecule has 16 heteroatoms. The maximum Gasteiger partial charge on any atom is 0.309 e. The molecule has 6 N–H and O–H groups in total. The summed E-state index contributed by atoms with van der Waals surface area (Å²) < 4.78 is 39.2. The van der Waals surface area contributed by atoms with Crippen molar-refractivity contribution in [3.63, 3.8) is 0 Å². The summed E-state index contributed by atoms with van der Waals surface area (Å²) in [4.78, 5) is 37.0. The van der Waals surface area contributed by atoms with Crippen LogP contribution in [0, 0.1) is 23.7 Å². The maximum absolute atomic E-state index is 13.2. The normalized spacial score (nSPS) is 41.7. The number of ketones is 1. The summed E-state index contributed by atoms with van der Waals surface area (Å²) in [7, 11) is 0. The molecule has 0 radical (unpaired) electrons. The van der Waals surface area contributed by atoms with E-state index in [2.05, 4.69) is 0 Å². The highest BCUT2D eigenvalue weighted by Crippen LogP contribution is 2.47. The lowest BCUT2D eigenvalue weighted by Crippen LogP contribution is -2.63. The number of hydrogen-bond acceptors (Lipinski definition) is 16. The van der Waals surface area contributed by atoms with Crippen LogP contribution in [0.4, 0.5) is 0 Å². The van der Waals surface area contributed by atoms with Crippen LogP contribution in [0.15, 0.2) is 11.8 Å². The molecule has 16 nitrogen and oxygen atoms in total. The predicted molar refractivity (Wildman–Crippen MR) is 146 cm³/mol. The second-order valence-electron chi connectivity index (χ2n) is 12.3. The summed E-state index contributed by atoms with van der Waals surface area (Å²) in [5.41, 5.74) is 0.481. The zero-order chi connectivity index (χ0) is 33.2. The first kappa shape index (κ1) is 35.6. The Morgan fingerprint density at radius 3 is 2.33 bits per heavy atom. The minimum atomic E-state index is -1.82. The Bertz CT molecular complexity index is 1080. The summed E-state index contributed by atoms with van der Waals surface area (Å²) in [5, 5.41) is 62.1. The van der Waals surface area contributed by atoms with E-state index < -0.39 is 116 Å². The van der Waals surface area contributed by atoms with E-state index in [0.717, 1.165) is 6.92 Å². The van der Waals surface area contributed by atoms with Gasteiger partial charge in [0.25, 0.3) is 0 Å². The second kappa shape index (κ2) is 15.1. The molecule has 2 saturated heterocycles. The molecule has 4 aliphatic rings. The molecule has 1 saturated carbocycles. The van der Waals surface area contributed by atoms with Gasteiger partial charge in [-0.25, -0.2) is 0 Å². The zero-order valence-electron chi connectivity index (χ0n) is 25.5. The molecule has 0 amide bonds. The first-order valence-electron chi connectivity index (χ1n) is 15.0. The molecule has 14 atom stereocenters. The Kier molecular flexibility index (Phi) is 11.9. The first-order chi connectivity index (χ1) is 21.3. The Morgan fingerprint density at radius 2 is 1.71 bits per heavy atom. The van der Waals surface area contributed by atoms with E-state index in [1.807, 2.05) is 13.8 Å². The molecule has 0 bridgehead atoms. The number of rotatable bonds is 11. The van der Waals surface area contributed by atoms with Crippen molar-refractivity contribution in [1.82, 2.24) is 0 Å². The lowest BCUT2D eigenvalue weighted by molar-refractivity contribution is -0.334. The number of carbonyl (C=O) groups excluding carboxylic acids is 3. The van der Waals surface area contributed by atoms with Gasteiger partial charge in [0.05, 0.1) is 31.7 Å². The smallest absolute Gasteiger partial charge is 0.309 e. The standard InChI is InChI=1S/C29H44O16/c1-11(2)5-19(34)44-27-20-15(6-17(33)16(20)7-30)14(9-39-27)10-40-29-26(22(36)21(35)18(8-31)43-29)45-28-24(38)23(37)25(12(3)41-28)42-13(4)32/h9,11-12,15-18,20-21,23-31,33,35,37-38H,5-8,10H2,1-4H3. The van der Waals surface area contributed by atoms with Crippen molar-refractivity contribution in [3.05, 3.63) is 11.8 Å². The van der Waals surface area contributed by atoms with Crippen LogP contribution in [-0.4, -0.2) is 136 Å². The van der Waals surface area contributed by atoms with Crippen LogP contribution in [0.2, 0.25) is 0 Å². The van der Waals surface area contributed by atoms with Crippen LogP contribution in [0.3, 0.4) is 0 Å². The molecule has 4 rings (SSSR count). The van der Waals surface area contributed by atoms with Crippen molar-refractivity contribution in [2.24, 2.45) is 23.7 Å². The Labute approximate surface area is 259 Å². The SMILES string of the molecule is CC(=O)OC1C(C)OC(OC2C(=O)C(O)C(CO)OC2OCC2=COC(OC(=O)CC(C)C)C3C2CC(O)C3CO)C(O)C1O. The average Bonchev–Trinajstić information content (AvgIpc) is 3.32. The molecular formula is C29H44O16. The average molecular weight is 649 g/mol. The van der Waals surface area contributed by atoms with Gasteiger partial charge in [0, 0.05) is 31.8 Å². The summed E-state index contributed by atoms with van der Waals surface area (Å²) >= 11 is 0. The zero-order valence-corrected chi connectivity index (χ0v) is 25.5. The van der Waals surface area contributed by atoms with E-state index in [0.29, 0.717) is 5.57 Å². The fraction of sp³-hybridized carbons (Fsp3) is 0.828. The Hall–Kier alpha value is -2.25. The largest absolute Gasteiger partial charge is 0.462 e. The van der Waals surface area contributed by atoms with Crippen LogP contribution in [0.5, 0.6) is 0 Å². The number of hydrogen-bond donors (Lipinski definition) is 6. The summed E-state index contributed by atoms with van der Waals surface area (Å²) in [6.45, 7) is 4.89. The number of ether oxygens (including phenoxy) is 7. The van der Waals surface area contributed by atoms with Gasteiger partial charge >= 0.3 is 11.9 Å². The lowest BCUT2D eigenvalue weighted by atomic mass is 9.83. The van der Waals surface area contributed by atoms with Crippen LogP contribution < -0.4 is 0 Å². The van der Waals surface area contributed by atoms with Gasteiger partial charge in [0.2, 0.25) is 6.29 Å². The topological polar surface area (TPSA) is 237 Å². The number of Topliss-reactive ketones (excluding diaryl/α,β-unsaturated/α-hetero) is 1. The molecule has 0 aromatic rings. The van der Waals surface area contributed by atoms with Crippen molar-refractivity contribution < 1.29 is 78.2 Å². The summed E-state index contributed by atoms with van der Waals surface area (Å²) in [5.74, 6) is -3.86. The van der Waals surface area contributed by atoms with Crippen molar-refractivity contribution >= 4 is 17.7 Å². The van der Waals surface area contributed by atoms with Gasteiger partial charge in [0.1, 0.15) is 24.4 Å². The number of aliphatic hydroxyl groups is 6. The Balaban J connectivity index is 1.50. The third-order valence-electron chi connectivity index (χ3n) is 8.56. The van der Waals surface area contributed by atoms with Crippen molar-refractivity contribution in [2.75, 3.05) is 19.8 Å². The monoisotopic (exact) mass is 648 g/mol. The molecule has 45 heavy (non-hydrogen) atoms. The van der Waals surface area contributed by atoms with Gasteiger partial charge in [-0.15, -0.1) is 0 Å². The minimum Gasteiger partial charge on any atom is -0.462 e. The molecule has 1 aliphatic carbocycles. The van der Waals surface area contributed by atoms with Gasteiger partial charge in [-0.2, -0.15) is 0 Å². The van der Waals surface area contributed by atoms with E-state index in [-0.39, 0.29) is 25.4 Å². The summed E-state index contributed by atoms with van der Waals surface area (Å²) in [6, 6.07) is 0. The van der Waals surface area contributed by atoms with Gasteiger partial charge in [-0.05, 0) is 30.8 Å². The van der Waals surface area contributed by atoms with Crippen molar-refractivity contribution in [1.29, 1.82) is 0 Å². The molecule has 3 fully saturated rings. The molecule has 14 unspecified atom stereocenters. The number of esters is 2. The highest BCUT2D eigenvalue weighted by molar-refractivity contribution is 5.89. The van der Waals surface area contributed by atoms with Gasteiger partial charge in [-0.3, -0.25) is 14.4 Å². The molecular weight excluding hydrogens is 604 g/mol. The first-order valence-corrected chi connectivity index (χ1v) is 15.0. The van der Waals surface area contributed by atoms with Gasteiger partial charge in [0.15, 0.2) is 30.6 Å². The fourth-order valence-corrected chi connectivity index (χ4v) is 6.27. The Morgan fingerprint density at radius 1 is 1.00 bits per heavy atom. The quantitative estimate of drug-likeness (QED) is 0.131. The van der Waals surface area contributed by atoms with Crippen LogP contribution >= 0.6 is 0 Å².